The second-order valence-corrected chi connectivity index (χ2v) is 4.40. The van der Waals surface area contributed by atoms with Gasteiger partial charge in [-0.25, -0.2) is 0 Å². The molecule has 92 valence electrons. The average molecular weight is 243 g/mol. The van der Waals surface area contributed by atoms with Gasteiger partial charge in [0.15, 0.2) is 0 Å². The van der Waals surface area contributed by atoms with Crippen molar-refractivity contribution in [1.29, 1.82) is 0 Å². The monoisotopic (exact) mass is 243 g/mol. The van der Waals surface area contributed by atoms with Crippen LogP contribution in [0.4, 0.5) is 0 Å². The molecule has 5 heteroatoms. The molecule has 0 spiro atoms. The Morgan fingerprint density at radius 3 is 2.89 bits per heavy atom. The summed E-state index contributed by atoms with van der Waals surface area (Å²) in [4.78, 5) is 14.9. The molecule has 3 rings (SSSR count). The van der Waals surface area contributed by atoms with Gasteiger partial charge in [0.25, 0.3) is 0 Å². The van der Waals surface area contributed by atoms with Crippen LogP contribution < -0.4 is 0 Å². The highest BCUT2D eigenvalue weighted by Crippen LogP contribution is 2.31. The predicted octanol–water partition coefficient (Wildman–Crippen LogP) is 1.52. The molecule has 0 amide bonds. The minimum Gasteiger partial charge on any atom is -0.481 e. The lowest BCUT2D eigenvalue weighted by atomic mass is 10.0. The fourth-order valence-electron chi connectivity index (χ4n) is 2.51. The second-order valence-electron chi connectivity index (χ2n) is 4.40. The summed E-state index contributed by atoms with van der Waals surface area (Å²) in [5, 5.41) is 13.4. The van der Waals surface area contributed by atoms with Gasteiger partial charge in [-0.05, 0) is 30.5 Å². The molecule has 0 atom stereocenters. The molecule has 1 aliphatic heterocycles. The zero-order chi connectivity index (χ0) is 12.5. The number of pyridine rings is 1. The zero-order valence-electron chi connectivity index (χ0n) is 9.83. The lowest BCUT2D eigenvalue weighted by molar-refractivity contribution is -0.136. The van der Waals surface area contributed by atoms with E-state index in [0.717, 1.165) is 36.2 Å². The summed E-state index contributed by atoms with van der Waals surface area (Å²) < 4.78 is 1.94. The number of aryl methyl sites for hydroxylation is 1. The molecule has 2 aromatic rings. The summed E-state index contributed by atoms with van der Waals surface area (Å²) in [6, 6.07) is 3.81. The summed E-state index contributed by atoms with van der Waals surface area (Å²) >= 11 is 0. The Bertz CT molecular complexity index is 590. The molecule has 1 N–H and O–H groups in total. The van der Waals surface area contributed by atoms with E-state index in [9.17, 15) is 4.79 Å². The van der Waals surface area contributed by atoms with Crippen LogP contribution in [0.5, 0.6) is 0 Å². The van der Waals surface area contributed by atoms with Gasteiger partial charge in [0.2, 0.25) is 0 Å². The molecule has 5 nitrogen and oxygen atoms in total. The predicted molar refractivity (Wildman–Crippen MR) is 65.1 cm³/mol. The number of nitrogens with zero attached hydrogens (tertiary/aromatic N) is 3. The molecule has 0 saturated heterocycles. The molecule has 1 aliphatic rings. The van der Waals surface area contributed by atoms with Crippen molar-refractivity contribution in [2.75, 3.05) is 0 Å². The third kappa shape index (κ3) is 1.77. The fourth-order valence-corrected chi connectivity index (χ4v) is 2.51. The first-order chi connectivity index (χ1) is 8.75. The van der Waals surface area contributed by atoms with Crippen molar-refractivity contribution in [3.05, 3.63) is 35.9 Å². The fraction of sp³-hybridized carbons (Fsp3) is 0.308. The summed E-state index contributed by atoms with van der Waals surface area (Å²) in [7, 11) is 0. The Morgan fingerprint density at radius 2 is 2.17 bits per heavy atom. The summed E-state index contributed by atoms with van der Waals surface area (Å²) in [6.45, 7) is 0.882. The van der Waals surface area contributed by atoms with Crippen molar-refractivity contribution in [3.63, 3.8) is 0 Å². The summed E-state index contributed by atoms with van der Waals surface area (Å²) in [5.41, 5.74) is 3.79. The summed E-state index contributed by atoms with van der Waals surface area (Å²) in [6.07, 6.45) is 5.45. The molecular weight excluding hydrogens is 230 g/mol. The van der Waals surface area contributed by atoms with Gasteiger partial charge in [-0.3, -0.25) is 14.5 Å². The van der Waals surface area contributed by atoms with Crippen LogP contribution in [-0.4, -0.2) is 25.8 Å². The number of carboxylic acid groups (broad SMARTS) is 1. The van der Waals surface area contributed by atoms with Gasteiger partial charge in [0, 0.05) is 30.2 Å². The molecule has 18 heavy (non-hydrogen) atoms. The van der Waals surface area contributed by atoms with E-state index in [-0.39, 0.29) is 6.42 Å². The van der Waals surface area contributed by atoms with Crippen LogP contribution >= 0.6 is 0 Å². The third-order valence-electron chi connectivity index (χ3n) is 3.20. The van der Waals surface area contributed by atoms with Crippen LogP contribution in [0, 0.1) is 0 Å². The third-order valence-corrected chi connectivity index (χ3v) is 3.20. The first-order valence-corrected chi connectivity index (χ1v) is 5.96. The topological polar surface area (TPSA) is 68.0 Å². The maximum absolute atomic E-state index is 10.9. The van der Waals surface area contributed by atoms with E-state index in [1.165, 1.54) is 0 Å². The normalized spacial score (nSPS) is 13.6. The van der Waals surface area contributed by atoms with Crippen molar-refractivity contribution in [2.45, 2.75) is 25.8 Å². The van der Waals surface area contributed by atoms with Crippen LogP contribution in [0.25, 0.3) is 11.1 Å². The molecular formula is C13H13N3O2. The zero-order valence-corrected chi connectivity index (χ0v) is 9.83. The first-order valence-electron chi connectivity index (χ1n) is 5.96. The molecule has 0 fully saturated rings. The number of aromatic nitrogens is 3. The number of rotatable bonds is 3. The number of hydrogen-bond acceptors (Lipinski definition) is 3. The second kappa shape index (κ2) is 4.25. The number of fused-ring (bicyclic) bond motifs is 1. The Kier molecular flexibility index (Phi) is 2.59. The number of aliphatic carboxylic acids is 1. The van der Waals surface area contributed by atoms with Gasteiger partial charge in [-0.15, -0.1) is 0 Å². The van der Waals surface area contributed by atoms with Crippen LogP contribution in [-0.2, 0) is 24.2 Å². The SMILES string of the molecule is O=C(O)Cc1nn2c(c1-c1ccncc1)CCC2. The van der Waals surface area contributed by atoms with Gasteiger partial charge in [-0.1, -0.05) is 0 Å². The highest BCUT2D eigenvalue weighted by molar-refractivity contribution is 5.76. The van der Waals surface area contributed by atoms with Crippen molar-refractivity contribution >= 4 is 5.97 Å². The quantitative estimate of drug-likeness (QED) is 0.887. The molecule has 0 aliphatic carbocycles. The number of carbonyl (C=O) groups is 1. The van der Waals surface area contributed by atoms with E-state index < -0.39 is 5.97 Å². The Morgan fingerprint density at radius 1 is 1.39 bits per heavy atom. The Balaban J connectivity index is 2.13. The standard InChI is InChI=1S/C13H13N3O2/c17-12(18)8-10-13(9-3-5-14-6-4-9)11-2-1-7-16(11)15-10/h3-6H,1-2,7-8H2,(H,17,18). The van der Waals surface area contributed by atoms with E-state index in [0.29, 0.717) is 5.69 Å². The molecule has 2 aromatic heterocycles. The first kappa shape index (κ1) is 11.0. The largest absolute Gasteiger partial charge is 0.481 e. The molecule has 0 unspecified atom stereocenters. The van der Waals surface area contributed by atoms with Gasteiger partial charge in [0.05, 0.1) is 12.1 Å². The molecule has 3 heterocycles. The van der Waals surface area contributed by atoms with Crippen LogP contribution in [0.15, 0.2) is 24.5 Å². The van der Waals surface area contributed by atoms with E-state index in [1.807, 2.05) is 16.8 Å². The van der Waals surface area contributed by atoms with Crippen molar-refractivity contribution in [2.24, 2.45) is 0 Å². The average Bonchev–Trinajstić information content (AvgIpc) is 2.89. The van der Waals surface area contributed by atoms with Gasteiger partial charge in [0.1, 0.15) is 0 Å². The van der Waals surface area contributed by atoms with Gasteiger partial charge in [-0.2, -0.15) is 5.10 Å². The minimum absolute atomic E-state index is 0.0301. The maximum Gasteiger partial charge on any atom is 0.309 e. The maximum atomic E-state index is 10.9. The number of hydrogen-bond donors (Lipinski definition) is 1. The van der Waals surface area contributed by atoms with Gasteiger partial charge >= 0.3 is 5.97 Å². The Labute approximate surface area is 104 Å². The van der Waals surface area contributed by atoms with E-state index in [4.69, 9.17) is 5.11 Å². The molecule has 0 saturated carbocycles. The van der Waals surface area contributed by atoms with Crippen molar-refractivity contribution in [1.82, 2.24) is 14.8 Å². The van der Waals surface area contributed by atoms with Crippen molar-refractivity contribution < 1.29 is 9.90 Å². The van der Waals surface area contributed by atoms with Crippen molar-refractivity contribution in [3.8, 4) is 11.1 Å². The highest BCUT2D eigenvalue weighted by atomic mass is 16.4. The number of carboxylic acids is 1. The lowest BCUT2D eigenvalue weighted by Gasteiger charge is -2.03. The van der Waals surface area contributed by atoms with Crippen LogP contribution in [0.1, 0.15) is 17.8 Å². The molecule has 0 radical (unpaired) electrons. The Hall–Kier alpha value is -2.17. The molecule has 0 bridgehead atoms. The van der Waals surface area contributed by atoms with E-state index in [1.54, 1.807) is 12.4 Å². The smallest absolute Gasteiger partial charge is 0.309 e. The van der Waals surface area contributed by atoms with Gasteiger partial charge < -0.3 is 5.11 Å². The highest BCUT2D eigenvalue weighted by Gasteiger charge is 2.23. The molecule has 0 aromatic carbocycles. The summed E-state index contributed by atoms with van der Waals surface area (Å²) in [5.74, 6) is -0.845. The van der Waals surface area contributed by atoms with Crippen LogP contribution in [0.2, 0.25) is 0 Å². The van der Waals surface area contributed by atoms with E-state index >= 15 is 0 Å². The van der Waals surface area contributed by atoms with Crippen LogP contribution in [0.3, 0.4) is 0 Å². The minimum atomic E-state index is -0.845. The lowest BCUT2D eigenvalue weighted by Crippen LogP contribution is -2.03. The van der Waals surface area contributed by atoms with E-state index in [2.05, 4.69) is 10.1 Å².